The van der Waals surface area contributed by atoms with Crippen LogP contribution in [0, 0.1) is 0 Å². The van der Waals surface area contributed by atoms with Gasteiger partial charge in [-0.2, -0.15) is 0 Å². The van der Waals surface area contributed by atoms with Crippen molar-refractivity contribution in [3.05, 3.63) is 12.3 Å². The molecule has 0 aliphatic carbocycles. The van der Waals surface area contributed by atoms with Crippen LogP contribution in [-0.2, 0) is 0 Å². The summed E-state index contributed by atoms with van der Waals surface area (Å²) in [7, 11) is 0. The van der Waals surface area contributed by atoms with Gasteiger partial charge in [-0.05, 0) is 12.6 Å². The highest BCUT2D eigenvalue weighted by Gasteiger charge is 1.50. The molecule has 0 spiro atoms. The lowest BCUT2D eigenvalue weighted by Crippen LogP contribution is -1.83. The molecule has 0 aromatic carbocycles. The molecule has 5 heavy (non-hydrogen) atoms. The summed E-state index contributed by atoms with van der Waals surface area (Å²) >= 11 is 0. The third kappa shape index (κ3) is 31.5. The molecular formula is C3H7N2. The van der Waals surface area contributed by atoms with Crippen LogP contribution < -0.4 is 11.9 Å². The fraction of sp³-hybridized carbons (Fsp3) is 0.333. The van der Waals surface area contributed by atoms with E-state index in [1.807, 2.05) is 0 Å². The van der Waals surface area contributed by atoms with Crippen molar-refractivity contribution in [3.63, 3.8) is 0 Å². The number of hydrogen-bond acceptors (Lipinski definition) is 1. The third-order valence-electron chi connectivity index (χ3n) is 0. The van der Waals surface area contributed by atoms with Crippen LogP contribution in [-0.4, -0.2) is 0 Å². The van der Waals surface area contributed by atoms with E-state index >= 15 is 0 Å². The van der Waals surface area contributed by atoms with Gasteiger partial charge in [0.15, 0.2) is 0 Å². The zero-order valence-corrected chi connectivity index (χ0v) is 3.23. The van der Waals surface area contributed by atoms with Gasteiger partial charge in [0, 0.05) is 6.15 Å². The SMILES string of the molecule is C=C(C)N.[N]. The van der Waals surface area contributed by atoms with Crippen molar-refractivity contribution >= 4 is 0 Å². The summed E-state index contributed by atoms with van der Waals surface area (Å²) in [6, 6.07) is 0. The Morgan fingerprint density at radius 3 is 1.80 bits per heavy atom. The minimum Gasteiger partial charge on any atom is -0.403 e. The van der Waals surface area contributed by atoms with Gasteiger partial charge < -0.3 is 5.73 Å². The van der Waals surface area contributed by atoms with Crippen LogP contribution in [0.2, 0.25) is 0 Å². The number of hydrogen-bond donors (Lipinski definition) is 1. The van der Waals surface area contributed by atoms with Crippen LogP contribution in [0.15, 0.2) is 12.3 Å². The fourth-order valence-corrected chi connectivity index (χ4v) is 0. The van der Waals surface area contributed by atoms with E-state index in [1.54, 1.807) is 6.92 Å². The van der Waals surface area contributed by atoms with Gasteiger partial charge in [0.25, 0.3) is 0 Å². The molecule has 0 heterocycles. The molecule has 0 amide bonds. The molecule has 3 radical (unpaired) electrons. The first kappa shape index (κ1) is 8.82. The van der Waals surface area contributed by atoms with Gasteiger partial charge in [-0.25, -0.2) is 0 Å². The molecule has 0 saturated carbocycles. The summed E-state index contributed by atoms with van der Waals surface area (Å²) in [6.07, 6.45) is 0. The zero-order valence-electron chi connectivity index (χ0n) is 3.23. The smallest absolute Gasteiger partial charge is 0 e. The first-order valence-corrected chi connectivity index (χ1v) is 1.14. The van der Waals surface area contributed by atoms with Gasteiger partial charge in [-0.1, -0.05) is 6.58 Å². The maximum atomic E-state index is 4.92. The van der Waals surface area contributed by atoms with E-state index < -0.39 is 0 Å². The molecule has 0 aromatic rings. The first-order valence-electron chi connectivity index (χ1n) is 1.14. The second kappa shape index (κ2) is 3.50. The predicted molar refractivity (Wildman–Crippen MR) is 21.1 cm³/mol. The van der Waals surface area contributed by atoms with Crippen LogP contribution in [0.25, 0.3) is 0 Å². The van der Waals surface area contributed by atoms with Crippen LogP contribution in [0.1, 0.15) is 6.92 Å². The van der Waals surface area contributed by atoms with E-state index in [1.165, 1.54) is 0 Å². The largest absolute Gasteiger partial charge is 0.403 e. The van der Waals surface area contributed by atoms with Crippen LogP contribution in [0.3, 0.4) is 0 Å². The Morgan fingerprint density at radius 1 is 1.80 bits per heavy atom. The fourth-order valence-electron chi connectivity index (χ4n) is 0. The number of nitrogens with zero attached hydrogens (tertiary/aromatic N) is 1. The van der Waals surface area contributed by atoms with E-state index in [0.29, 0.717) is 5.70 Å². The molecule has 2 heteroatoms. The van der Waals surface area contributed by atoms with Gasteiger partial charge in [0.1, 0.15) is 0 Å². The molecule has 0 atom stereocenters. The Kier molecular flexibility index (Phi) is 6.17. The second-order valence-electron chi connectivity index (χ2n) is 0.846. The lowest BCUT2D eigenvalue weighted by atomic mass is 10.6. The van der Waals surface area contributed by atoms with Crippen LogP contribution >= 0.6 is 0 Å². The maximum absolute atomic E-state index is 4.92. The average molecular weight is 71.1 g/mol. The highest BCUT2D eigenvalue weighted by Crippen LogP contribution is 1.58. The lowest BCUT2D eigenvalue weighted by molar-refractivity contribution is 1.34. The van der Waals surface area contributed by atoms with Crippen molar-refractivity contribution in [1.29, 1.82) is 0 Å². The molecule has 0 saturated heterocycles. The lowest BCUT2D eigenvalue weighted by Gasteiger charge is -1.69. The third-order valence-corrected chi connectivity index (χ3v) is 0. The van der Waals surface area contributed by atoms with Crippen molar-refractivity contribution in [2.24, 2.45) is 5.73 Å². The zero-order chi connectivity index (χ0) is 3.58. The molecule has 0 aliphatic heterocycles. The maximum Gasteiger partial charge on any atom is 0 e. The van der Waals surface area contributed by atoms with Crippen LogP contribution in [0.4, 0.5) is 0 Å². The molecule has 0 aromatic heterocycles. The molecule has 29 valence electrons. The Morgan fingerprint density at radius 2 is 1.80 bits per heavy atom. The first-order chi connectivity index (χ1) is 1.73. The van der Waals surface area contributed by atoms with Crippen LogP contribution in [0.5, 0.6) is 0 Å². The van der Waals surface area contributed by atoms with E-state index in [9.17, 15) is 0 Å². The number of allylic oxidation sites excluding steroid dienone is 1. The van der Waals surface area contributed by atoms with Crippen molar-refractivity contribution in [2.45, 2.75) is 6.92 Å². The molecular weight excluding hydrogens is 64.0 g/mol. The Bertz CT molecular complexity index is 27.9. The highest BCUT2D eigenvalue weighted by molar-refractivity contribution is 4.76. The van der Waals surface area contributed by atoms with Gasteiger partial charge in [0.2, 0.25) is 0 Å². The summed E-state index contributed by atoms with van der Waals surface area (Å²) in [5.41, 5.74) is 5.58. The summed E-state index contributed by atoms with van der Waals surface area (Å²) in [5, 5.41) is 0. The van der Waals surface area contributed by atoms with Gasteiger partial charge in [-0.15, -0.1) is 0 Å². The quantitative estimate of drug-likeness (QED) is 0.429. The van der Waals surface area contributed by atoms with E-state index in [4.69, 9.17) is 5.73 Å². The topological polar surface area (TPSA) is 56.5 Å². The van der Waals surface area contributed by atoms with Crippen molar-refractivity contribution in [3.8, 4) is 0 Å². The van der Waals surface area contributed by atoms with E-state index in [0.717, 1.165) is 0 Å². The van der Waals surface area contributed by atoms with Gasteiger partial charge >= 0.3 is 0 Å². The number of nitrogens with two attached hydrogens (primary N) is 1. The van der Waals surface area contributed by atoms with E-state index in [-0.39, 0.29) is 6.15 Å². The summed E-state index contributed by atoms with van der Waals surface area (Å²) in [4.78, 5) is 0. The average Bonchev–Trinajstić information content (AvgIpc) is 0.811. The monoisotopic (exact) mass is 71.1 g/mol. The van der Waals surface area contributed by atoms with E-state index in [2.05, 4.69) is 6.58 Å². The van der Waals surface area contributed by atoms with Crippen molar-refractivity contribution < 1.29 is 0 Å². The molecule has 0 fully saturated rings. The summed E-state index contributed by atoms with van der Waals surface area (Å²) in [5.74, 6) is 0. The van der Waals surface area contributed by atoms with Gasteiger partial charge in [-0.3, -0.25) is 0 Å². The number of rotatable bonds is 0. The molecule has 0 aliphatic rings. The molecule has 0 bridgehead atoms. The molecule has 2 nitrogen and oxygen atoms in total. The minimum atomic E-state index is 0. The van der Waals surface area contributed by atoms with Gasteiger partial charge in [0.05, 0.1) is 0 Å². The Hall–Kier alpha value is -0.500. The minimum absolute atomic E-state index is 0. The summed E-state index contributed by atoms with van der Waals surface area (Å²) < 4.78 is 0. The standard InChI is InChI=1S/C3H7N.N/c1-3(2)4;/h1,4H2,2H3;. The normalized spacial score (nSPS) is 5.00. The van der Waals surface area contributed by atoms with Crippen molar-refractivity contribution in [1.82, 2.24) is 6.15 Å². The molecule has 2 N–H and O–H groups in total. The second-order valence-corrected chi connectivity index (χ2v) is 0.846. The molecule has 0 rings (SSSR count). The Balaban J connectivity index is 0. The summed E-state index contributed by atoms with van der Waals surface area (Å²) in [6.45, 7) is 5.08. The van der Waals surface area contributed by atoms with Crippen molar-refractivity contribution in [2.75, 3.05) is 0 Å². The predicted octanol–water partition coefficient (Wildman–Crippen LogP) is -0.00190. The Labute approximate surface area is 32.3 Å². The molecule has 0 unspecified atom stereocenters. The highest BCUT2D eigenvalue weighted by atomic mass is 14.5.